The van der Waals surface area contributed by atoms with Crippen molar-refractivity contribution in [1.29, 1.82) is 0 Å². The van der Waals surface area contributed by atoms with Gasteiger partial charge in [-0.1, -0.05) is 25.4 Å². The SMILES string of the molecule is CC(C)CNC(=O)c1ccc(NC(=O)[C@@H]2CC[C@H](C(=O)O)C2)cc1Cl. The van der Waals surface area contributed by atoms with Gasteiger partial charge in [0.25, 0.3) is 5.91 Å². The van der Waals surface area contributed by atoms with Crippen molar-refractivity contribution in [2.75, 3.05) is 11.9 Å². The maximum atomic E-state index is 12.3. The van der Waals surface area contributed by atoms with Crippen molar-refractivity contribution in [3.8, 4) is 0 Å². The number of benzene rings is 1. The van der Waals surface area contributed by atoms with Crippen LogP contribution in [-0.4, -0.2) is 29.4 Å². The largest absolute Gasteiger partial charge is 0.481 e. The second-order valence-corrected chi connectivity index (χ2v) is 7.24. The molecule has 0 spiro atoms. The number of amides is 2. The van der Waals surface area contributed by atoms with Crippen molar-refractivity contribution < 1.29 is 19.5 Å². The van der Waals surface area contributed by atoms with Gasteiger partial charge in [-0.2, -0.15) is 0 Å². The first-order valence-corrected chi connectivity index (χ1v) is 8.77. The first kappa shape index (κ1) is 19.2. The molecular weight excluding hydrogens is 344 g/mol. The van der Waals surface area contributed by atoms with Crippen LogP contribution >= 0.6 is 11.6 Å². The van der Waals surface area contributed by atoms with Gasteiger partial charge in [-0.05, 0) is 43.4 Å². The maximum absolute atomic E-state index is 12.3. The summed E-state index contributed by atoms with van der Waals surface area (Å²) in [7, 11) is 0. The van der Waals surface area contributed by atoms with E-state index in [9.17, 15) is 14.4 Å². The van der Waals surface area contributed by atoms with Crippen LogP contribution in [0.5, 0.6) is 0 Å². The fourth-order valence-electron chi connectivity index (χ4n) is 2.86. The minimum absolute atomic E-state index is 0.211. The van der Waals surface area contributed by atoms with E-state index in [1.54, 1.807) is 12.1 Å². The Kier molecular flexibility index (Phi) is 6.42. The van der Waals surface area contributed by atoms with Gasteiger partial charge >= 0.3 is 5.97 Å². The van der Waals surface area contributed by atoms with Gasteiger partial charge in [-0.3, -0.25) is 14.4 Å². The van der Waals surface area contributed by atoms with Crippen LogP contribution in [0.3, 0.4) is 0 Å². The minimum atomic E-state index is -0.852. The summed E-state index contributed by atoms with van der Waals surface area (Å²) in [5, 5.41) is 14.8. The summed E-state index contributed by atoms with van der Waals surface area (Å²) in [6.45, 7) is 4.55. The number of hydrogen-bond donors (Lipinski definition) is 3. The van der Waals surface area contributed by atoms with E-state index in [-0.39, 0.29) is 22.8 Å². The Bertz CT molecular complexity index is 675. The Morgan fingerprint density at radius 2 is 1.92 bits per heavy atom. The van der Waals surface area contributed by atoms with Gasteiger partial charge in [0.2, 0.25) is 5.91 Å². The monoisotopic (exact) mass is 366 g/mol. The Hall–Kier alpha value is -2.08. The molecule has 0 bridgehead atoms. The van der Waals surface area contributed by atoms with Crippen LogP contribution in [0, 0.1) is 17.8 Å². The van der Waals surface area contributed by atoms with E-state index in [4.69, 9.17) is 16.7 Å². The number of carbonyl (C=O) groups excluding carboxylic acids is 2. The van der Waals surface area contributed by atoms with E-state index < -0.39 is 11.9 Å². The molecule has 0 aromatic heterocycles. The Morgan fingerprint density at radius 3 is 2.48 bits per heavy atom. The Labute approximate surface area is 151 Å². The summed E-state index contributed by atoms with van der Waals surface area (Å²) < 4.78 is 0. The van der Waals surface area contributed by atoms with Gasteiger partial charge in [0.05, 0.1) is 16.5 Å². The molecule has 1 aliphatic carbocycles. The van der Waals surface area contributed by atoms with Gasteiger partial charge in [0.1, 0.15) is 0 Å². The lowest BCUT2D eigenvalue weighted by Gasteiger charge is -2.13. The van der Waals surface area contributed by atoms with Crippen molar-refractivity contribution in [2.45, 2.75) is 33.1 Å². The number of anilines is 1. The summed E-state index contributed by atoms with van der Waals surface area (Å²) >= 11 is 6.16. The highest BCUT2D eigenvalue weighted by atomic mass is 35.5. The van der Waals surface area contributed by atoms with Gasteiger partial charge in [0.15, 0.2) is 0 Å². The normalized spacial score (nSPS) is 19.7. The molecule has 2 rings (SSSR count). The molecular formula is C18H23ClN2O4. The van der Waals surface area contributed by atoms with Crippen molar-refractivity contribution in [3.63, 3.8) is 0 Å². The molecule has 0 heterocycles. The van der Waals surface area contributed by atoms with Crippen LogP contribution in [0.4, 0.5) is 5.69 Å². The molecule has 0 radical (unpaired) electrons. The number of nitrogens with one attached hydrogen (secondary N) is 2. The van der Waals surface area contributed by atoms with E-state index in [0.717, 1.165) is 0 Å². The van der Waals surface area contributed by atoms with E-state index >= 15 is 0 Å². The van der Waals surface area contributed by atoms with Crippen LogP contribution < -0.4 is 10.6 Å². The molecule has 6 nitrogen and oxygen atoms in total. The standard InChI is InChI=1S/C18H23ClN2O4/c1-10(2)9-20-17(23)14-6-5-13(8-15(14)19)21-16(22)11-3-4-12(7-11)18(24)25/h5-6,8,10-12H,3-4,7,9H2,1-2H3,(H,20,23)(H,21,22)(H,24,25)/t11-,12+/m1/s1. The van der Waals surface area contributed by atoms with E-state index in [2.05, 4.69) is 10.6 Å². The molecule has 2 amide bonds. The van der Waals surface area contributed by atoms with Crippen LogP contribution in [0.25, 0.3) is 0 Å². The fraction of sp³-hybridized carbons (Fsp3) is 0.500. The molecule has 1 aromatic carbocycles. The summed E-state index contributed by atoms with van der Waals surface area (Å²) in [6.07, 6.45) is 1.43. The van der Waals surface area contributed by atoms with E-state index in [1.807, 2.05) is 13.8 Å². The predicted molar refractivity (Wildman–Crippen MR) is 95.7 cm³/mol. The van der Waals surface area contributed by atoms with Crippen LogP contribution in [-0.2, 0) is 9.59 Å². The van der Waals surface area contributed by atoms with Crippen molar-refractivity contribution >= 4 is 35.1 Å². The highest BCUT2D eigenvalue weighted by Gasteiger charge is 2.33. The molecule has 1 saturated carbocycles. The van der Waals surface area contributed by atoms with Crippen LogP contribution in [0.1, 0.15) is 43.5 Å². The van der Waals surface area contributed by atoms with Gasteiger partial charge in [0, 0.05) is 18.2 Å². The lowest BCUT2D eigenvalue weighted by atomic mass is 10.0. The maximum Gasteiger partial charge on any atom is 0.306 e. The van der Waals surface area contributed by atoms with Crippen molar-refractivity contribution in [1.82, 2.24) is 5.32 Å². The molecule has 0 unspecified atom stereocenters. The number of carboxylic acids is 1. The Balaban J connectivity index is 1.97. The number of carbonyl (C=O) groups is 3. The lowest BCUT2D eigenvalue weighted by molar-refractivity contribution is -0.141. The summed E-state index contributed by atoms with van der Waals surface area (Å²) in [5.41, 5.74) is 0.848. The van der Waals surface area contributed by atoms with Crippen molar-refractivity contribution in [2.24, 2.45) is 17.8 Å². The average Bonchev–Trinajstić information content (AvgIpc) is 3.03. The lowest BCUT2D eigenvalue weighted by Crippen LogP contribution is -2.27. The quantitative estimate of drug-likeness (QED) is 0.720. The number of halogens is 1. The fourth-order valence-corrected chi connectivity index (χ4v) is 3.12. The molecule has 3 N–H and O–H groups in total. The molecule has 136 valence electrons. The van der Waals surface area contributed by atoms with Gasteiger partial charge < -0.3 is 15.7 Å². The van der Waals surface area contributed by atoms with Crippen molar-refractivity contribution in [3.05, 3.63) is 28.8 Å². The smallest absolute Gasteiger partial charge is 0.306 e. The zero-order valence-corrected chi connectivity index (χ0v) is 15.1. The second kappa shape index (κ2) is 8.34. The third kappa shape index (κ3) is 5.19. The molecule has 1 aliphatic rings. The highest BCUT2D eigenvalue weighted by molar-refractivity contribution is 6.34. The molecule has 0 aliphatic heterocycles. The zero-order chi connectivity index (χ0) is 18.6. The summed E-state index contributed by atoms with van der Waals surface area (Å²) in [5.74, 6) is -1.74. The van der Waals surface area contributed by atoms with Gasteiger partial charge in [-0.15, -0.1) is 0 Å². The molecule has 1 fully saturated rings. The third-order valence-corrected chi connectivity index (χ3v) is 4.62. The number of aliphatic carboxylic acids is 1. The van der Waals surface area contributed by atoms with E-state index in [0.29, 0.717) is 43.0 Å². The third-order valence-electron chi connectivity index (χ3n) is 4.30. The summed E-state index contributed by atoms with van der Waals surface area (Å²) in [4.78, 5) is 35.3. The Morgan fingerprint density at radius 1 is 1.24 bits per heavy atom. The van der Waals surface area contributed by atoms with Gasteiger partial charge in [-0.25, -0.2) is 0 Å². The zero-order valence-electron chi connectivity index (χ0n) is 14.3. The second-order valence-electron chi connectivity index (χ2n) is 6.83. The summed E-state index contributed by atoms with van der Waals surface area (Å²) in [6, 6.07) is 4.73. The predicted octanol–water partition coefficient (Wildman–Crippen LogP) is 3.17. The average molecular weight is 367 g/mol. The molecule has 0 saturated heterocycles. The molecule has 2 atom stereocenters. The highest BCUT2D eigenvalue weighted by Crippen LogP contribution is 2.32. The number of hydrogen-bond acceptors (Lipinski definition) is 3. The van der Waals surface area contributed by atoms with E-state index in [1.165, 1.54) is 6.07 Å². The number of rotatable bonds is 6. The molecule has 25 heavy (non-hydrogen) atoms. The molecule has 1 aromatic rings. The van der Waals surface area contributed by atoms with Crippen LogP contribution in [0.2, 0.25) is 5.02 Å². The first-order valence-electron chi connectivity index (χ1n) is 8.39. The van der Waals surface area contributed by atoms with Crippen LogP contribution in [0.15, 0.2) is 18.2 Å². The minimum Gasteiger partial charge on any atom is -0.481 e. The topological polar surface area (TPSA) is 95.5 Å². The number of carboxylic acid groups (broad SMARTS) is 1. The first-order chi connectivity index (χ1) is 11.8. The molecule has 7 heteroatoms.